The summed E-state index contributed by atoms with van der Waals surface area (Å²) in [7, 11) is 0. The highest BCUT2D eigenvalue weighted by molar-refractivity contribution is 5.86. The van der Waals surface area contributed by atoms with Gasteiger partial charge in [0.2, 0.25) is 5.91 Å². The molecule has 0 fully saturated rings. The number of nitrogens with one attached hydrogen (secondary N) is 1. The fourth-order valence-corrected chi connectivity index (χ4v) is 2.99. The van der Waals surface area contributed by atoms with Crippen molar-refractivity contribution in [2.75, 3.05) is 5.73 Å². The van der Waals surface area contributed by atoms with Crippen LogP contribution in [0, 0.1) is 0 Å². The first-order chi connectivity index (χ1) is 11.6. The molecule has 1 aliphatic heterocycles. The molecular weight excluding hydrogens is 306 g/mol. The Morgan fingerprint density at radius 2 is 2.12 bits per heavy atom. The number of hydrogen-bond acceptors (Lipinski definition) is 6. The van der Waals surface area contributed by atoms with Gasteiger partial charge in [0, 0.05) is 12.1 Å². The molecule has 0 saturated carbocycles. The second-order valence-corrected chi connectivity index (χ2v) is 5.70. The quantitative estimate of drug-likeness (QED) is 0.667. The summed E-state index contributed by atoms with van der Waals surface area (Å²) in [5.41, 5.74) is 14.5. The van der Waals surface area contributed by atoms with Crippen molar-refractivity contribution in [2.45, 2.75) is 18.3 Å². The molecule has 0 bridgehead atoms. The van der Waals surface area contributed by atoms with Gasteiger partial charge in [-0.15, -0.1) is 0 Å². The maximum atomic E-state index is 12.0. The first-order valence-corrected chi connectivity index (χ1v) is 7.52. The fourth-order valence-electron chi connectivity index (χ4n) is 2.99. The zero-order valence-electron chi connectivity index (χ0n) is 12.7. The van der Waals surface area contributed by atoms with E-state index in [4.69, 9.17) is 11.5 Å². The van der Waals surface area contributed by atoms with E-state index in [0.29, 0.717) is 23.4 Å². The van der Waals surface area contributed by atoms with Crippen molar-refractivity contribution in [2.24, 2.45) is 10.7 Å². The maximum Gasteiger partial charge on any atom is 0.228 e. The van der Waals surface area contributed by atoms with Crippen LogP contribution in [-0.2, 0) is 4.79 Å². The Morgan fingerprint density at radius 3 is 2.96 bits per heavy atom. The summed E-state index contributed by atoms with van der Waals surface area (Å²) in [6, 6.07) is 7.82. The number of para-hydroxylation sites is 1. The number of hydrogen-bond donors (Lipinski definition) is 3. The molecule has 3 heterocycles. The van der Waals surface area contributed by atoms with E-state index < -0.39 is 11.8 Å². The van der Waals surface area contributed by atoms with Crippen molar-refractivity contribution in [1.29, 1.82) is 0 Å². The highest BCUT2D eigenvalue weighted by Crippen LogP contribution is 2.37. The third kappa shape index (κ3) is 2.28. The normalized spacial score (nSPS) is 17.1. The maximum absolute atomic E-state index is 12.0. The number of aromatic nitrogens is 4. The van der Waals surface area contributed by atoms with Crippen LogP contribution >= 0.6 is 0 Å². The van der Waals surface area contributed by atoms with Gasteiger partial charge in [0.1, 0.15) is 11.3 Å². The number of nitrogens with two attached hydrogens (primary N) is 2. The SMILES string of the molecule is NC(=O)C(CC1C=Nc2ccccc21)c1nc(N)c2nc[nH]c2n1. The lowest BCUT2D eigenvalue weighted by Gasteiger charge is -2.16. The highest BCUT2D eigenvalue weighted by Gasteiger charge is 2.29. The second kappa shape index (κ2) is 5.41. The summed E-state index contributed by atoms with van der Waals surface area (Å²) >= 11 is 0. The number of rotatable bonds is 4. The highest BCUT2D eigenvalue weighted by atomic mass is 16.1. The molecule has 2 aromatic heterocycles. The van der Waals surface area contributed by atoms with Gasteiger partial charge in [0.15, 0.2) is 11.5 Å². The zero-order valence-corrected chi connectivity index (χ0v) is 12.7. The molecular formula is C16H15N7O. The van der Waals surface area contributed by atoms with E-state index in [2.05, 4.69) is 24.9 Å². The number of aromatic amines is 1. The molecule has 120 valence electrons. The molecule has 3 aromatic rings. The first kappa shape index (κ1) is 14.3. The summed E-state index contributed by atoms with van der Waals surface area (Å²) in [5, 5.41) is 0. The summed E-state index contributed by atoms with van der Waals surface area (Å²) in [6.45, 7) is 0. The summed E-state index contributed by atoms with van der Waals surface area (Å²) < 4.78 is 0. The van der Waals surface area contributed by atoms with Gasteiger partial charge in [-0.2, -0.15) is 0 Å². The molecule has 5 N–H and O–H groups in total. The molecule has 1 amide bonds. The minimum atomic E-state index is -0.664. The molecule has 8 heteroatoms. The third-order valence-electron chi connectivity index (χ3n) is 4.20. The van der Waals surface area contributed by atoms with E-state index in [1.165, 1.54) is 6.33 Å². The van der Waals surface area contributed by atoms with Crippen molar-refractivity contribution < 1.29 is 4.79 Å². The van der Waals surface area contributed by atoms with Crippen LogP contribution in [0.15, 0.2) is 35.6 Å². The molecule has 0 radical (unpaired) electrons. The molecule has 24 heavy (non-hydrogen) atoms. The Bertz CT molecular complexity index is 962. The minimum absolute atomic E-state index is 0.0130. The number of primary amides is 1. The molecule has 8 nitrogen and oxygen atoms in total. The first-order valence-electron chi connectivity index (χ1n) is 7.52. The van der Waals surface area contributed by atoms with Crippen molar-refractivity contribution in [3.8, 4) is 0 Å². The number of imidazole rings is 1. The lowest BCUT2D eigenvalue weighted by atomic mass is 9.89. The van der Waals surface area contributed by atoms with Gasteiger partial charge in [-0.25, -0.2) is 15.0 Å². The van der Waals surface area contributed by atoms with Gasteiger partial charge in [0.05, 0.1) is 17.9 Å². The molecule has 4 rings (SSSR count). The third-order valence-corrected chi connectivity index (χ3v) is 4.20. The van der Waals surface area contributed by atoms with Crippen LogP contribution in [0.25, 0.3) is 11.2 Å². The standard InChI is InChI=1S/C16H15N7O/c17-13-12-16(21-7-20-12)23-15(22-13)10(14(18)24)5-8-6-19-11-4-2-1-3-9(8)11/h1-4,6-8,10H,5H2,(H2,18,24)(H3,17,20,21,22,23). The lowest BCUT2D eigenvalue weighted by Crippen LogP contribution is -2.25. The smallest absolute Gasteiger partial charge is 0.228 e. The van der Waals surface area contributed by atoms with E-state index in [1.807, 2.05) is 30.5 Å². The minimum Gasteiger partial charge on any atom is -0.382 e. The van der Waals surface area contributed by atoms with Gasteiger partial charge in [-0.1, -0.05) is 18.2 Å². The predicted molar refractivity (Wildman–Crippen MR) is 90.0 cm³/mol. The molecule has 0 spiro atoms. The fraction of sp³-hybridized carbons (Fsp3) is 0.188. The molecule has 2 unspecified atom stereocenters. The number of benzene rings is 1. The van der Waals surface area contributed by atoms with Crippen LogP contribution in [0.5, 0.6) is 0 Å². The number of nitrogens with zero attached hydrogens (tertiary/aromatic N) is 4. The number of fused-ring (bicyclic) bond motifs is 2. The Kier molecular flexibility index (Phi) is 3.23. The van der Waals surface area contributed by atoms with Gasteiger partial charge in [-0.3, -0.25) is 9.79 Å². The Hall–Kier alpha value is -3.29. The topological polar surface area (TPSA) is 136 Å². The number of carbonyl (C=O) groups excluding carboxylic acids is 1. The zero-order chi connectivity index (χ0) is 16.7. The number of H-pyrrole nitrogens is 1. The van der Waals surface area contributed by atoms with Crippen LogP contribution in [0.2, 0.25) is 0 Å². The van der Waals surface area contributed by atoms with E-state index in [0.717, 1.165) is 11.3 Å². The van der Waals surface area contributed by atoms with Crippen molar-refractivity contribution in [3.63, 3.8) is 0 Å². The lowest BCUT2D eigenvalue weighted by molar-refractivity contribution is -0.119. The van der Waals surface area contributed by atoms with Gasteiger partial charge in [0.25, 0.3) is 0 Å². The van der Waals surface area contributed by atoms with E-state index in [1.54, 1.807) is 0 Å². The Morgan fingerprint density at radius 1 is 1.29 bits per heavy atom. The number of nitrogen functional groups attached to an aromatic ring is 1. The number of amides is 1. The van der Waals surface area contributed by atoms with Gasteiger partial charge in [-0.05, 0) is 18.1 Å². The van der Waals surface area contributed by atoms with Crippen LogP contribution in [0.1, 0.15) is 29.6 Å². The van der Waals surface area contributed by atoms with Crippen LogP contribution in [0.3, 0.4) is 0 Å². The molecule has 2 atom stereocenters. The van der Waals surface area contributed by atoms with Crippen molar-refractivity contribution in [1.82, 2.24) is 19.9 Å². The summed E-state index contributed by atoms with van der Waals surface area (Å²) in [5.74, 6) is -0.646. The van der Waals surface area contributed by atoms with Crippen LogP contribution < -0.4 is 11.5 Å². The van der Waals surface area contributed by atoms with Crippen LogP contribution in [0.4, 0.5) is 11.5 Å². The summed E-state index contributed by atoms with van der Waals surface area (Å²) in [6.07, 6.45) is 3.76. The monoisotopic (exact) mass is 321 g/mol. The number of aliphatic imine (C=N–C) groups is 1. The second-order valence-electron chi connectivity index (χ2n) is 5.70. The predicted octanol–water partition coefficient (Wildman–Crippen LogP) is 1.39. The Labute approximate surface area is 137 Å². The van der Waals surface area contributed by atoms with Crippen LogP contribution in [-0.4, -0.2) is 32.1 Å². The Balaban J connectivity index is 1.70. The molecule has 0 aliphatic carbocycles. The van der Waals surface area contributed by atoms with E-state index in [9.17, 15) is 4.79 Å². The number of carbonyl (C=O) groups is 1. The molecule has 1 aliphatic rings. The van der Waals surface area contributed by atoms with Crippen molar-refractivity contribution in [3.05, 3.63) is 42.0 Å². The average molecular weight is 321 g/mol. The largest absolute Gasteiger partial charge is 0.382 e. The van der Waals surface area contributed by atoms with E-state index in [-0.39, 0.29) is 11.7 Å². The molecule has 1 aromatic carbocycles. The van der Waals surface area contributed by atoms with Gasteiger partial charge < -0.3 is 16.5 Å². The van der Waals surface area contributed by atoms with E-state index >= 15 is 0 Å². The average Bonchev–Trinajstić information content (AvgIpc) is 3.19. The summed E-state index contributed by atoms with van der Waals surface area (Å²) in [4.78, 5) is 31.9. The number of anilines is 1. The van der Waals surface area contributed by atoms with Gasteiger partial charge >= 0.3 is 0 Å². The van der Waals surface area contributed by atoms with Crippen molar-refractivity contribution >= 4 is 34.8 Å². The molecule has 0 saturated heterocycles.